The van der Waals surface area contributed by atoms with Crippen molar-refractivity contribution in [3.63, 3.8) is 0 Å². The summed E-state index contributed by atoms with van der Waals surface area (Å²) in [6, 6.07) is 0. The summed E-state index contributed by atoms with van der Waals surface area (Å²) >= 11 is 0. The highest BCUT2D eigenvalue weighted by Gasteiger charge is 2.16. The van der Waals surface area contributed by atoms with Gasteiger partial charge >= 0.3 is 11.9 Å². The molecule has 0 aromatic rings. The number of carbonyl (C=O) groups excluding carboxylic acids is 2. The number of aliphatic hydroxyl groups excluding tert-OH is 1. The molecule has 0 bridgehead atoms. The molecule has 0 aliphatic carbocycles. The van der Waals surface area contributed by atoms with Gasteiger partial charge in [0, 0.05) is 12.8 Å². The smallest absolute Gasteiger partial charge is 0.306 e. The van der Waals surface area contributed by atoms with Gasteiger partial charge < -0.3 is 14.6 Å². The van der Waals surface area contributed by atoms with Crippen LogP contribution in [0.5, 0.6) is 0 Å². The number of rotatable bonds is 46. The Morgan fingerprint density at radius 3 is 1.07 bits per heavy atom. The van der Waals surface area contributed by atoms with Crippen molar-refractivity contribution in [3.05, 3.63) is 85.1 Å². The zero-order valence-electron chi connectivity index (χ0n) is 39.9. The van der Waals surface area contributed by atoms with E-state index < -0.39 is 6.10 Å². The van der Waals surface area contributed by atoms with Gasteiger partial charge in [-0.2, -0.15) is 0 Å². The van der Waals surface area contributed by atoms with E-state index in [1.54, 1.807) is 0 Å². The van der Waals surface area contributed by atoms with Crippen molar-refractivity contribution in [1.82, 2.24) is 0 Å². The molecule has 1 unspecified atom stereocenters. The summed E-state index contributed by atoms with van der Waals surface area (Å²) in [7, 11) is 0. The van der Waals surface area contributed by atoms with Crippen molar-refractivity contribution >= 4 is 11.9 Å². The Hall–Kier alpha value is -2.92. The first kappa shape index (κ1) is 58.1. The quantitative estimate of drug-likeness (QED) is 0.0375. The molecule has 0 aromatic carbocycles. The van der Waals surface area contributed by atoms with E-state index in [2.05, 4.69) is 98.9 Å². The summed E-state index contributed by atoms with van der Waals surface area (Å²) in [6.45, 7) is 3.99. The predicted molar refractivity (Wildman–Crippen MR) is 265 cm³/mol. The molecule has 0 aliphatic rings. The van der Waals surface area contributed by atoms with E-state index in [1.165, 1.54) is 128 Å². The molecule has 0 aliphatic heterocycles. The lowest BCUT2D eigenvalue weighted by Gasteiger charge is -2.15. The van der Waals surface area contributed by atoms with Crippen molar-refractivity contribution < 1.29 is 24.2 Å². The van der Waals surface area contributed by atoms with Crippen LogP contribution in [0.15, 0.2) is 85.1 Å². The predicted octanol–water partition coefficient (Wildman–Crippen LogP) is 17.0. The standard InChI is InChI=1S/C56H96O5/c1-3-5-7-9-11-13-14-15-16-17-18-19-20-21-22-23-24-25-26-27-28-29-30-31-32-33-34-35-36-37-38-39-40-41-42-43-45-47-49-51-56(59)61-54(52-57)53-60-55(58)50-48-46-44-12-10-8-6-4-2/h5,7,11,13,15-16,18-19,21-22,24-25,27-28,54,57H,3-4,6,8-10,12,14,17,20,23,26,29-53H2,1-2H3/b7-5-,13-11-,16-15-,19-18-,22-21-,25-24-,28-27-. The van der Waals surface area contributed by atoms with E-state index in [9.17, 15) is 14.7 Å². The van der Waals surface area contributed by atoms with Gasteiger partial charge in [-0.1, -0.05) is 240 Å². The van der Waals surface area contributed by atoms with E-state index in [-0.39, 0.29) is 25.2 Å². The molecule has 5 nitrogen and oxygen atoms in total. The molecule has 0 rings (SSSR count). The van der Waals surface area contributed by atoms with Gasteiger partial charge in [0.25, 0.3) is 0 Å². The highest BCUT2D eigenvalue weighted by Crippen LogP contribution is 2.16. The number of unbranched alkanes of at least 4 members (excludes halogenated alkanes) is 24. The third kappa shape index (κ3) is 49.6. The van der Waals surface area contributed by atoms with Gasteiger partial charge in [0.1, 0.15) is 6.61 Å². The molecule has 0 radical (unpaired) electrons. The van der Waals surface area contributed by atoms with Crippen LogP contribution in [0.4, 0.5) is 0 Å². The minimum absolute atomic E-state index is 0.0646. The van der Waals surface area contributed by atoms with Crippen LogP contribution >= 0.6 is 0 Å². The van der Waals surface area contributed by atoms with Gasteiger partial charge in [0.15, 0.2) is 6.10 Å². The summed E-state index contributed by atoms with van der Waals surface area (Å²) in [4.78, 5) is 24.2. The second-order valence-corrected chi connectivity index (χ2v) is 16.9. The minimum atomic E-state index is -0.769. The summed E-state index contributed by atoms with van der Waals surface area (Å²) in [5.41, 5.74) is 0. The highest BCUT2D eigenvalue weighted by atomic mass is 16.6. The monoisotopic (exact) mass is 849 g/mol. The molecule has 0 amide bonds. The van der Waals surface area contributed by atoms with Crippen LogP contribution in [0, 0.1) is 0 Å². The Morgan fingerprint density at radius 1 is 0.393 bits per heavy atom. The number of aliphatic hydroxyl groups is 1. The topological polar surface area (TPSA) is 72.8 Å². The fraction of sp³-hybridized carbons (Fsp3) is 0.714. The minimum Gasteiger partial charge on any atom is -0.462 e. The van der Waals surface area contributed by atoms with Crippen molar-refractivity contribution in [2.45, 2.75) is 245 Å². The lowest BCUT2D eigenvalue weighted by molar-refractivity contribution is -0.161. The molecule has 350 valence electrons. The fourth-order valence-corrected chi connectivity index (χ4v) is 7.12. The first-order valence-corrected chi connectivity index (χ1v) is 25.6. The van der Waals surface area contributed by atoms with E-state index in [0.29, 0.717) is 12.8 Å². The average Bonchev–Trinajstić information content (AvgIpc) is 3.26. The van der Waals surface area contributed by atoms with Crippen LogP contribution in [0.3, 0.4) is 0 Å². The van der Waals surface area contributed by atoms with Crippen molar-refractivity contribution in [1.29, 1.82) is 0 Å². The van der Waals surface area contributed by atoms with Crippen molar-refractivity contribution in [2.75, 3.05) is 13.2 Å². The van der Waals surface area contributed by atoms with Crippen LogP contribution in [0.1, 0.15) is 239 Å². The number of hydrogen-bond acceptors (Lipinski definition) is 5. The van der Waals surface area contributed by atoms with Crippen LogP contribution in [0.25, 0.3) is 0 Å². The molecular formula is C56H96O5. The lowest BCUT2D eigenvalue weighted by atomic mass is 10.0. The van der Waals surface area contributed by atoms with Gasteiger partial charge in [-0.15, -0.1) is 0 Å². The lowest BCUT2D eigenvalue weighted by Crippen LogP contribution is -2.28. The summed E-state index contributed by atoms with van der Waals surface area (Å²) in [6.07, 6.45) is 71.4. The molecular weight excluding hydrogens is 753 g/mol. The second-order valence-electron chi connectivity index (χ2n) is 16.9. The van der Waals surface area contributed by atoms with E-state index >= 15 is 0 Å². The highest BCUT2D eigenvalue weighted by molar-refractivity contribution is 5.70. The van der Waals surface area contributed by atoms with Gasteiger partial charge in [0.2, 0.25) is 0 Å². The molecule has 0 aromatic heterocycles. The molecule has 0 saturated carbocycles. The Kier molecular flexibility index (Phi) is 49.0. The third-order valence-electron chi connectivity index (χ3n) is 11.0. The van der Waals surface area contributed by atoms with Gasteiger partial charge in [-0.3, -0.25) is 9.59 Å². The van der Waals surface area contributed by atoms with E-state index in [0.717, 1.165) is 83.5 Å². The van der Waals surface area contributed by atoms with Crippen LogP contribution < -0.4 is 0 Å². The van der Waals surface area contributed by atoms with Crippen LogP contribution in [-0.2, 0) is 19.1 Å². The number of esters is 2. The molecule has 0 saturated heterocycles. The Bertz CT molecular complexity index is 1140. The summed E-state index contributed by atoms with van der Waals surface area (Å²) in [5.74, 6) is -0.591. The molecule has 0 heterocycles. The molecule has 0 fully saturated rings. The zero-order valence-corrected chi connectivity index (χ0v) is 39.9. The first-order valence-electron chi connectivity index (χ1n) is 25.6. The summed E-state index contributed by atoms with van der Waals surface area (Å²) in [5, 5.41) is 9.56. The molecule has 5 heteroatoms. The van der Waals surface area contributed by atoms with Crippen molar-refractivity contribution in [3.8, 4) is 0 Å². The number of carbonyl (C=O) groups is 2. The average molecular weight is 849 g/mol. The largest absolute Gasteiger partial charge is 0.462 e. The molecule has 1 atom stereocenters. The maximum absolute atomic E-state index is 12.2. The SMILES string of the molecule is CC/C=C\C/C=C\C/C=C\C/C=C\C/C=C\C/C=C\C/C=C\CCCCCCCCCCCCCCCCCCCC(=O)OC(CO)COC(=O)CCCCCCCCCC. The third-order valence-corrected chi connectivity index (χ3v) is 11.0. The Morgan fingerprint density at radius 2 is 0.705 bits per heavy atom. The van der Waals surface area contributed by atoms with Gasteiger partial charge in [-0.05, 0) is 70.6 Å². The molecule has 61 heavy (non-hydrogen) atoms. The maximum Gasteiger partial charge on any atom is 0.306 e. The molecule has 1 N–H and O–H groups in total. The van der Waals surface area contributed by atoms with Crippen molar-refractivity contribution in [2.24, 2.45) is 0 Å². The number of ether oxygens (including phenoxy) is 2. The second kappa shape index (κ2) is 51.4. The Balaban J connectivity index is 3.45. The van der Waals surface area contributed by atoms with Gasteiger partial charge in [-0.25, -0.2) is 0 Å². The first-order chi connectivity index (χ1) is 30.1. The fourth-order valence-electron chi connectivity index (χ4n) is 7.12. The van der Waals surface area contributed by atoms with E-state index in [4.69, 9.17) is 9.47 Å². The van der Waals surface area contributed by atoms with Crippen LogP contribution in [0.2, 0.25) is 0 Å². The molecule has 0 spiro atoms. The number of allylic oxidation sites excluding steroid dienone is 14. The van der Waals surface area contributed by atoms with E-state index in [1.807, 2.05) is 0 Å². The summed E-state index contributed by atoms with van der Waals surface area (Å²) < 4.78 is 10.6. The van der Waals surface area contributed by atoms with Gasteiger partial charge in [0.05, 0.1) is 6.61 Å². The zero-order chi connectivity index (χ0) is 44.2. The number of hydrogen-bond donors (Lipinski definition) is 1. The Labute approximate surface area is 377 Å². The normalized spacial score (nSPS) is 12.9. The maximum atomic E-state index is 12.2. The van der Waals surface area contributed by atoms with Crippen LogP contribution in [-0.4, -0.2) is 36.4 Å².